The van der Waals surface area contributed by atoms with Crippen molar-refractivity contribution in [1.29, 1.82) is 0 Å². The van der Waals surface area contributed by atoms with E-state index in [2.05, 4.69) is 208 Å². The molecule has 1 heterocycles. The lowest BCUT2D eigenvalue weighted by molar-refractivity contribution is 0.798. The van der Waals surface area contributed by atoms with Gasteiger partial charge in [0, 0.05) is 42.1 Å². The van der Waals surface area contributed by atoms with E-state index in [1.807, 2.05) is 18.5 Å². The summed E-state index contributed by atoms with van der Waals surface area (Å²) >= 11 is 0. The molecule has 294 valence electrons. The molecule has 3 nitrogen and oxygen atoms in total. The first-order chi connectivity index (χ1) is 29.5. The third-order valence-corrected chi connectivity index (χ3v) is 11.4. The first-order valence-corrected chi connectivity index (χ1v) is 21.0. The van der Waals surface area contributed by atoms with Crippen LogP contribution in [0.5, 0.6) is 0 Å². The Kier molecular flexibility index (Phi) is 12.3. The zero-order chi connectivity index (χ0) is 41.3. The van der Waals surface area contributed by atoms with Crippen LogP contribution in [0.2, 0.25) is 0 Å². The standard InChI is InChI=1S/C57H51N3/c1-5-17-50-40(4)55(35-47-20-9-12-27-52(47)50)42(6-2)22-15-25-49(59-7-3)36-57(45-32-30-44(31-33-45)56-39-58-38-48-21-10-13-28-54(48)56)60-37-41-18-14-24-46(34-41)53-29-16-23-43-19-8-11-26-51(43)53/h5-6,8-30,32,34-36,38-39,60H,2,7,31,33,37H2,1,3-4H3/b17-5-,25-15-,42-22+,57-36-,59-49-. The summed E-state index contributed by atoms with van der Waals surface area (Å²) in [6.07, 6.45) is 25.2. The number of hydrogen-bond donors (Lipinski definition) is 1. The molecule has 0 fully saturated rings. The van der Waals surface area contributed by atoms with Crippen LogP contribution in [0.1, 0.15) is 54.5 Å². The lowest BCUT2D eigenvalue weighted by Crippen LogP contribution is -2.17. The fourth-order valence-corrected chi connectivity index (χ4v) is 8.39. The highest BCUT2D eigenvalue weighted by molar-refractivity contribution is 6.05. The van der Waals surface area contributed by atoms with E-state index in [0.29, 0.717) is 13.1 Å². The Morgan fingerprint density at radius 2 is 1.50 bits per heavy atom. The van der Waals surface area contributed by atoms with Crippen LogP contribution in [0.15, 0.2) is 205 Å². The van der Waals surface area contributed by atoms with Crippen molar-refractivity contribution in [2.45, 2.75) is 40.2 Å². The predicted octanol–water partition coefficient (Wildman–Crippen LogP) is 14.6. The summed E-state index contributed by atoms with van der Waals surface area (Å²) in [5.41, 5.74) is 14.1. The van der Waals surface area contributed by atoms with E-state index in [4.69, 9.17) is 4.99 Å². The molecule has 0 radical (unpaired) electrons. The zero-order valence-electron chi connectivity index (χ0n) is 34.8. The van der Waals surface area contributed by atoms with Gasteiger partial charge in [-0.3, -0.25) is 9.98 Å². The number of hydrogen-bond acceptors (Lipinski definition) is 3. The lowest BCUT2D eigenvalue weighted by Gasteiger charge is -2.20. The van der Waals surface area contributed by atoms with Crippen molar-refractivity contribution in [1.82, 2.24) is 10.3 Å². The smallest absolute Gasteiger partial charge is 0.0594 e. The topological polar surface area (TPSA) is 37.3 Å². The van der Waals surface area contributed by atoms with Crippen molar-refractivity contribution in [3.8, 4) is 11.1 Å². The van der Waals surface area contributed by atoms with Crippen LogP contribution < -0.4 is 5.32 Å². The Labute approximate surface area is 355 Å². The highest BCUT2D eigenvalue weighted by Crippen LogP contribution is 2.35. The van der Waals surface area contributed by atoms with E-state index in [9.17, 15) is 0 Å². The van der Waals surface area contributed by atoms with E-state index in [1.54, 1.807) is 0 Å². The fourth-order valence-electron chi connectivity index (χ4n) is 8.39. The maximum Gasteiger partial charge on any atom is 0.0594 e. The Balaban J connectivity index is 1.14. The first kappa shape index (κ1) is 39.7. The molecule has 0 saturated heterocycles. The number of fused-ring (bicyclic) bond motifs is 3. The first-order valence-electron chi connectivity index (χ1n) is 21.0. The van der Waals surface area contributed by atoms with Gasteiger partial charge in [-0.25, -0.2) is 0 Å². The van der Waals surface area contributed by atoms with E-state index >= 15 is 0 Å². The molecule has 0 saturated carbocycles. The van der Waals surface area contributed by atoms with E-state index in [0.717, 1.165) is 35.2 Å². The van der Waals surface area contributed by atoms with Crippen LogP contribution in [-0.2, 0) is 6.54 Å². The summed E-state index contributed by atoms with van der Waals surface area (Å²) in [5, 5.41) is 11.2. The molecule has 7 aromatic rings. The molecule has 0 spiro atoms. The van der Waals surface area contributed by atoms with Crippen LogP contribution in [0, 0.1) is 6.92 Å². The molecule has 6 aromatic carbocycles. The second kappa shape index (κ2) is 18.7. The molecule has 0 bridgehead atoms. The molecule has 0 amide bonds. The van der Waals surface area contributed by atoms with E-state index in [-0.39, 0.29) is 0 Å². The number of aliphatic imine (C=N–C) groups is 1. The van der Waals surface area contributed by atoms with Gasteiger partial charge in [-0.15, -0.1) is 0 Å². The van der Waals surface area contributed by atoms with Gasteiger partial charge in [-0.1, -0.05) is 158 Å². The van der Waals surface area contributed by atoms with Crippen LogP contribution in [0.3, 0.4) is 0 Å². The minimum atomic E-state index is 0.669. The highest BCUT2D eigenvalue weighted by atomic mass is 14.9. The summed E-state index contributed by atoms with van der Waals surface area (Å²) in [5.74, 6) is 0. The van der Waals surface area contributed by atoms with E-state index in [1.165, 1.54) is 77.0 Å². The summed E-state index contributed by atoms with van der Waals surface area (Å²) in [7, 11) is 0. The Bertz CT molecular complexity index is 2940. The predicted molar refractivity (Wildman–Crippen MR) is 260 cm³/mol. The van der Waals surface area contributed by atoms with Crippen LogP contribution in [0.4, 0.5) is 0 Å². The molecular formula is C57H51N3. The molecule has 1 aliphatic rings. The summed E-state index contributed by atoms with van der Waals surface area (Å²) < 4.78 is 0. The molecule has 3 heteroatoms. The number of benzene rings is 6. The lowest BCUT2D eigenvalue weighted by atomic mass is 9.90. The van der Waals surface area contributed by atoms with Gasteiger partial charge in [0.2, 0.25) is 0 Å². The fraction of sp³-hybridized carbons (Fsp3) is 0.123. The van der Waals surface area contributed by atoms with Crippen molar-refractivity contribution >= 4 is 55.3 Å². The van der Waals surface area contributed by atoms with Crippen LogP contribution in [0.25, 0.3) is 60.7 Å². The van der Waals surface area contributed by atoms with Gasteiger partial charge < -0.3 is 5.32 Å². The minimum Gasteiger partial charge on any atom is -0.381 e. The largest absolute Gasteiger partial charge is 0.381 e. The number of nitrogens with zero attached hydrogens (tertiary/aromatic N) is 2. The third kappa shape index (κ3) is 8.67. The number of nitrogens with one attached hydrogen (secondary N) is 1. The van der Waals surface area contributed by atoms with Crippen molar-refractivity contribution < 1.29 is 0 Å². The molecule has 1 aliphatic carbocycles. The van der Waals surface area contributed by atoms with Gasteiger partial charge >= 0.3 is 0 Å². The summed E-state index contributed by atoms with van der Waals surface area (Å²) in [4.78, 5) is 9.57. The molecule has 0 unspecified atom stereocenters. The Morgan fingerprint density at radius 3 is 2.27 bits per heavy atom. The number of allylic oxidation sites excluding steroid dienone is 11. The number of rotatable bonds is 13. The SMILES string of the molecule is C=C\C(=C/C=C\C(\C=C(/NCc1cccc(-c2cccc3ccccc23)c1)C1=CC=C(c2cncc3ccccc23)CC1)=N\CC)c1cc2ccccc2c(/C=C\C)c1C. The van der Waals surface area contributed by atoms with Gasteiger partial charge in [0.25, 0.3) is 0 Å². The van der Waals surface area contributed by atoms with Crippen LogP contribution in [-0.4, -0.2) is 17.2 Å². The minimum absolute atomic E-state index is 0.669. The molecule has 1 N–H and O–H groups in total. The average Bonchev–Trinajstić information content (AvgIpc) is 3.30. The molecule has 0 aliphatic heterocycles. The normalized spacial score (nSPS) is 14.0. The maximum atomic E-state index is 4.98. The monoisotopic (exact) mass is 777 g/mol. The molecule has 60 heavy (non-hydrogen) atoms. The number of pyridine rings is 1. The van der Waals surface area contributed by atoms with Crippen molar-refractivity contribution in [2.24, 2.45) is 4.99 Å². The van der Waals surface area contributed by atoms with Gasteiger partial charge in [0.15, 0.2) is 0 Å². The Hall–Kier alpha value is -7.10. The number of aromatic nitrogens is 1. The second-order valence-corrected chi connectivity index (χ2v) is 15.2. The second-order valence-electron chi connectivity index (χ2n) is 15.2. The molecular weight excluding hydrogens is 727 g/mol. The zero-order valence-corrected chi connectivity index (χ0v) is 34.8. The van der Waals surface area contributed by atoms with Crippen molar-refractivity contribution in [3.63, 3.8) is 0 Å². The third-order valence-electron chi connectivity index (χ3n) is 11.4. The molecule has 1 aromatic heterocycles. The van der Waals surface area contributed by atoms with Gasteiger partial charge in [0.1, 0.15) is 0 Å². The quantitative estimate of drug-likeness (QED) is 0.0935. The van der Waals surface area contributed by atoms with Crippen molar-refractivity contribution in [2.75, 3.05) is 6.54 Å². The van der Waals surface area contributed by atoms with Gasteiger partial charge in [0.05, 0.1) is 5.71 Å². The maximum absolute atomic E-state index is 4.98. The molecule has 0 atom stereocenters. The van der Waals surface area contributed by atoms with Crippen LogP contribution >= 0.6 is 0 Å². The van der Waals surface area contributed by atoms with E-state index < -0.39 is 0 Å². The average molecular weight is 778 g/mol. The Morgan fingerprint density at radius 1 is 0.767 bits per heavy atom. The van der Waals surface area contributed by atoms with Gasteiger partial charge in [-0.05, 0) is 135 Å². The summed E-state index contributed by atoms with van der Waals surface area (Å²) in [6.45, 7) is 11.9. The van der Waals surface area contributed by atoms with Gasteiger partial charge in [-0.2, -0.15) is 0 Å². The highest BCUT2D eigenvalue weighted by Gasteiger charge is 2.16. The molecule has 8 rings (SSSR count). The van der Waals surface area contributed by atoms with Crippen molar-refractivity contribution in [3.05, 3.63) is 228 Å². The summed E-state index contributed by atoms with van der Waals surface area (Å²) in [6, 6.07) is 43.4.